The Morgan fingerprint density at radius 2 is 0.842 bits per heavy atom. The smallest absolute Gasteiger partial charge is 0.164 e. The van der Waals surface area contributed by atoms with Gasteiger partial charge in [-0.25, -0.2) is 15.0 Å². The summed E-state index contributed by atoms with van der Waals surface area (Å²) in [5.41, 5.74) is 11.1. The van der Waals surface area contributed by atoms with Crippen molar-refractivity contribution in [2.24, 2.45) is 0 Å². The molecule has 0 aliphatic heterocycles. The molecular weight excluding hydrogens is 695 g/mol. The number of para-hydroxylation sites is 1. The molecule has 9 aromatic carbocycles. The van der Waals surface area contributed by atoms with E-state index in [4.69, 9.17) is 19.4 Å². The van der Waals surface area contributed by atoms with Crippen LogP contribution in [-0.4, -0.2) is 15.0 Å². The van der Waals surface area contributed by atoms with Gasteiger partial charge in [0.25, 0.3) is 0 Å². The van der Waals surface area contributed by atoms with Crippen LogP contribution in [0.25, 0.3) is 111 Å². The van der Waals surface area contributed by atoms with Crippen molar-refractivity contribution in [1.82, 2.24) is 15.0 Å². The molecule has 0 N–H and O–H groups in total. The molecule has 0 amide bonds. The summed E-state index contributed by atoms with van der Waals surface area (Å²) < 4.78 is 6.74. The molecule has 0 atom stereocenters. The van der Waals surface area contributed by atoms with Crippen LogP contribution >= 0.6 is 0 Å². The normalized spacial score (nSPS) is 11.5. The van der Waals surface area contributed by atoms with Gasteiger partial charge in [0.15, 0.2) is 17.5 Å². The molecule has 0 unspecified atom stereocenters. The Morgan fingerprint density at radius 1 is 0.298 bits per heavy atom. The van der Waals surface area contributed by atoms with Crippen molar-refractivity contribution in [2.75, 3.05) is 0 Å². The van der Waals surface area contributed by atoms with E-state index in [1.165, 1.54) is 21.7 Å². The lowest BCUT2D eigenvalue weighted by molar-refractivity contribution is 0.670. The van der Waals surface area contributed by atoms with Gasteiger partial charge in [0.1, 0.15) is 11.2 Å². The Bertz CT molecular complexity index is 3280. The quantitative estimate of drug-likeness (QED) is 0.160. The zero-order valence-electron chi connectivity index (χ0n) is 30.8. The van der Waals surface area contributed by atoms with E-state index in [-0.39, 0.29) is 0 Å². The molecule has 266 valence electrons. The second kappa shape index (κ2) is 13.6. The van der Waals surface area contributed by atoms with E-state index in [1.807, 2.05) is 24.3 Å². The zero-order chi connectivity index (χ0) is 37.7. The number of rotatable bonds is 6. The van der Waals surface area contributed by atoms with Crippen LogP contribution in [0, 0.1) is 0 Å². The van der Waals surface area contributed by atoms with Gasteiger partial charge >= 0.3 is 0 Å². The fourth-order valence-corrected chi connectivity index (χ4v) is 8.11. The molecule has 57 heavy (non-hydrogen) atoms. The van der Waals surface area contributed by atoms with Crippen molar-refractivity contribution in [3.05, 3.63) is 200 Å². The molecule has 0 spiro atoms. The molecule has 0 bridgehead atoms. The molecule has 4 nitrogen and oxygen atoms in total. The van der Waals surface area contributed by atoms with Gasteiger partial charge in [-0.1, -0.05) is 182 Å². The highest BCUT2D eigenvalue weighted by molar-refractivity contribution is 6.15. The third-order valence-electron chi connectivity index (χ3n) is 10.9. The van der Waals surface area contributed by atoms with Crippen molar-refractivity contribution < 1.29 is 4.42 Å². The van der Waals surface area contributed by atoms with Crippen LogP contribution in [0.15, 0.2) is 205 Å². The maximum atomic E-state index is 6.74. The molecule has 0 aliphatic carbocycles. The molecule has 0 saturated carbocycles. The average Bonchev–Trinajstić information content (AvgIpc) is 3.69. The van der Waals surface area contributed by atoms with Gasteiger partial charge in [0.05, 0.1) is 0 Å². The lowest BCUT2D eigenvalue weighted by atomic mass is 9.97. The minimum absolute atomic E-state index is 0.588. The maximum absolute atomic E-state index is 6.74. The van der Waals surface area contributed by atoms with Gasteiger partial charge < -0.3 is 4.42 Å². The number of fused-ring (bicyclic) bond motifs is 6. The Labute approximate surface area is 329 Å². The van der Waals surface area contributed by atoms with Crippen LogP contribution in [0.5, 0.6) is 0 Å². The summed E-state index contributed by atoms with van der Waals surface area (Å²) in [6.45, 7) is 0. The van der Waals surface area contributed by atoms with Crippen molar-refractivity contribution in [3.8, 4) is 67.5 Å². The van der Waals surface area contributed by atoms with Gasteiger partial charge in [0.2, 0.25) is 0 Å². The van der Waals surface area contributed by atoms with E-state index in [1.54, 1.807) is 0 Å². The van der Waals surface area contributed by atoms with Crippen molar-refractivity contribution in [1.29, 1.82) is 0 Å². The first-order valence-corrected chi connectivity index (χ1v) is 19.2. The third-order valence-corrected chi connectivity index (χ3v) is 10.9. The van der Waals surface area contributed by atoms with Gasteiger partial charge in [-0.3, -0.25) is 0 Å². The minimum Gasteiger partial charge on any atom is -0.455 e. The number of nitrogens with zero attached hydrogens (tertiary/aromatic N) is 3. The fraction of sp³-hybridized carbons (Fsp3) is 0. The molecule has 0 aliphatic rings. The first kappa shape index (κ1) is 32.7. The first-order chi connectivity index (χ1) is 28.2. The summed E-state index contributed by atoms with van der Waals surface area (Å²) in [6, 6.07) is 69.9. The molecule has 0 fully saturated rings. The zero-order valence-corrected chi connectivity index (χ0v) is 30.8. The van der Waals surface area contributed by atoms with E-state index in [2.05, 4.69) is 176 Å². The second-order valence-corrected chi connectivity index (χ2v) is 14.4. The topological polar surface area (TPSA) is 51.8 Å². The average molecular weight is 728 g/mol. The number of benzene rings is 9. The molecule has 0 saturated heterocycles. The summed E-state index contributed by atoms with van der Waals surface area (Å²) in [4.78, 5) is 15.6. The van der Waals surface area contributed by atoms with Gasteiger partial charge in [0, 0.05) is 33.0 Å². The number of hydrogen-bond donors (Lipinski definition) is 0. The Morgan fingerprint density at radius 3 is 1.67 bits per heavy atom. The SMILES string of the molecule is c1ccc(-c2ccc(-c3nc(-c4ccc5c(ccc6ccccc65)c4)nc(-c4cccc5oc6c(-c7cccc(-c8ccccc8)c7)cccc6c45)n3)cc2)cc1. The van der Waals surface area contributed by atoms with Crippen LogP contribution in [0.2, 0.25) is 0 Å². The predicted octanol–water partition coefficient (Wildman–Crippen LogP) is 14.1. The second-order valence-electron chi connectivity index (χ2n) is 14.4. The molecule has 11 rings (SSSR count). The lowest BCUT2D eigenvalue weighted by Gasteiger charge is -2.11. The highest BCUT2D eigenvalue weighted by Crippen LogP contribution is 2.41. The summed E-state index contributed by atoms with van der Waals surface area (Å²) >= 11 is 0. The van der Waals surface area contributed by atoms with E-state index in [9.17, 15) is 0 Å². The minimum atomic E-state index is 0.588. The van der Waals surface area contributed by atoms with E-state index in [0.717, 1.165) is 71.8 Å². The number of hydrogen-bond acceptors (Lipinski definition) is 4. The van der Waals surface area contributed by atoms with E-state index >= 15 is 0 Å². The molecule has 4 heteroatoms. The van der Waals surface area contributed by atoms with Crippen LogP contribution in [0.3, 0.4) is 0 Å². The first-order valence-electron chi connectivity index (χ1n) is 19.2. The molecule has 2 aromatic heterocycles. The van der Waals surface area contributed by atoms with Gasteiger partial charge in [-0.05, 0) is 67.6 Å². The monoisotopic (exact) mass is 727 g/mol. The standard InChI is InChI=1S/C53H33N3O/c1-3-12-34(13-4-1)36-24-27-38(28-25-36)51-54-52(42-30-31-44-41(33-42)29-26-37-16-7-8-19-43(37)44)56-53(55-51)47-22-11-23-48-49(47)46-21-10-20-45(50(46)57-48)40-18-9-17-39(32-40)35-14-5-2-6-15-35/h1-33H. The Hall–Kier alpha value is -7.69. The Balaban J connectivity index is 1.09. The van der Waals surface area contributed by atoms with Gasteiger partial charge in [-0.15, -0.1) is 0 Å². The van der Waals surface area contributed by atoms with Crippen LogP contribution in [-0.2, 0) is 0 Å². The molecule has 2 heterocycles. The molecular formula is C53H33N3O. The molecule has 11 aromatic rings. The highest BCUT2D eigenvalue weighted by atomic mass is 16.3. The van der Waals surface area contributed by atoms with E-state index in [0.29, 0.717) is 17.5 Å². The summed E-state index contributed by atoms with van der Waals surface area (Å²) in [6.07, 6.45) is 0. The maximum Gasteiger partial charge on any atom is 0.164 e. The summed E-state index contributed by atoms with van der Waals surface area (Å²) in [5.74, 6) is 1.81. The largest absolute Gasteiger partial charge is 0.455 e. The van der Waals surface area contributed by atoms with Crippen molar-refractivity contribution in [2.45, 2.75) is 0 Å². The van der Waals surface area contributed by atoms with Crippen molar-refractivity contribution >= 4 is 43.5 Å². The molecule has 0 radical (unpaired) electrons. The number of furan rings is 1. The highest BCUT2D eigenvalue weighted by Gasteiger charge is 2.20. The summed E-state index contributed by atoms with van der Waals surface area (Å²) in [5, 5.41) is 6.75. The fourth-order valence-electron chi connectivity index (χ4n) is 8.11. The van der Waals surface area contributed by atoms with E-state index < -0.39 is 0 Å². The predicted molar refractivity (Wildman–Crippen MR) is 235 cm³/mol. The number of aromatic nitrogens is 3. The van der Waals surface area contributed by atoms with Crippen LogP contribution in [0.1, 0.15) is 0 Å². The van der Waals surface area contributed by atoms with Crippen molar-refractivity contribution in [3.63, 3.8) is 0 Å². The Kier molecular flexibility index (Phi) is 7.78. The lowest BCUT2D eigenvalue weighted by Crippen LogP contribution is -2.00. The van der Waals surface area contributed by atoms with Gasteiger partial charge in [-0.2, -0.15) is 0 Å². The third kappa shape index (κ3) is 5.83. The van der Waals surface area contributed by atoms with Crippen LogP contribution < -0.4 is 0 Å². The van der Waals surface area contributed by atoms with Crippen LogP contribution in [0.4, 0.5) is 0 Å². The summed E-state index contributed by atoms with van der Waals surface area (Å²) in [7, 11) is 0.